The first-order valence-corrected chi connectivity index (χ1v) is 9.63. The Morgan fingerprint density at radius 1 is 1.41 bits per heavy atom. The van der Waals surface area contributed by atoms with Crippen molar-refractivity contribution in [1.29, 1.82) is 0 Å². The molecule has 7 nitrogen and oxygen atoms in total. The molecule has 0 aliphatic carbocycles. The largest absolute Gasteiger partial charge is 0.342 e. The van der Waals surface area contributed by atoms with Crippen LogP contribution in [0.25, 0.3) is 0 Å². The minimum absolute atomic E-state index is 0.0654. The van der Waals surface area contributed by atoms with Crippen molar-refractivity contribution in [2.45, 2.75) is 51.7 Å². The van der Waals surface area contributed by atoms with Gasteiger partial charge in [0.15, 0.2) is 0 Å². The maximum absolute atomic E-state index is 12.7. The molecule has 0 spiro atoms. The number of halogens is 1. The van der Waals surface area contributed by atoms with Gasteiger partial charge in [-0.2, -0.15) is 0 Å². The molecule has 0 aromatic heterocycles. The van der Waals surface area contributed by atoms with Gasteiger partial charge in [0.2, 0.25) is 11.8 Å². The number of anilines is 1. The number of amides is 4. The summed E-state index contributed by atoms with van der Waals surface area (Å²) in [5.41, 5.74) is 1.41. The second-order valence-electron chi connectivity index (χ2n) is 7.32. The van der Waals surface area contributed by atoms with Gasteiger partial charge < -0.3 is 20.9 Å². The predicted molar refractivity (Wildman–Crippen MR) is 104 cm³/mol. The number of urea groups is 1. The minimum atomic E-state index is -0.518. The summed E-state index contributed by atoms with van der Waals surface area (Å²) in [6, 6.07) is 3.63. The maximum Gasteiger partial charge on any atom is 0.319 e. The molecular formula is C19H25ClN4O3. The van der Waals surface area contributed by atoms with Gasteiger partial charge in [-0.3, -0.25) is 9.59 Å². The van der Waals surface area contributed by atoms with Crippen LogP contribution in [0, 0.1) is 12.8 Å². The number of rotatable bonds is 4. The lowest BCUT2D eigenvalue weighted by Crippen LogP contribution is -2.62. The van der Waals surface area contributed by atoms with E-state index in [2.05, 4.69) is 16.0 Å². The van der Waals surface area contributed by atoms with Gasteiger partial charge >= 0.3 is 6.03 Å². The third-order valence-corrected chi connectivity index (χ3v) is 5.92. The third-order valence-electron chi connectivity index (χ3n) is 5.51. The highest BCUT2D eigenvalue weighted by atomic mass is 35.5. The van der Waals surface area contributed by atoms with Gasteiger partial charge in [0.1, 0.15) is 12.1 Å². The van der Waals surface area contributed by atoms with E-state index in [4.69, 9.17) is 11.6 Å². The summed E-state index contributed by atoms with van der Waals surface area (Å²) < 4.78 is 0. The Labute approximate surface area is 163 Å². The van der Waals surface area contributed by atoms with Crippen LogP contribution in [0.1, 0.15) is 32.3 Å². The molecule has 0 radical (unpaired) electrons. The summed E-state index contributed by atoms with van der Waals surface area (Å²) in [4.78, 5) is 39.1. The van der Waals surface area contributed by atoms with Crippen molar-refractivity contribution in [2.24, 2.45) is 5.92 Å². The highest BCUT2D eigenvalue weighted by Gasteiger charge is 2.47. The number of hydrogen-bond acceptors (Lipinski definition) is 3. The van der Waals surface area contributed by atoms with Crippen LogP contribution >= 0.6 is 11.6 Å². The molecule has 2 saturated heterocycles. The monoisotopic (exact) mass is 392 g/mol. The Hall–Kier alpha value is -2.28. The normalized spacial score (nSPS) is 25.6. The lowest BCUT2D eigenvalue weighted by Gasteiger charge is -2.36. The van der Waals surface area contributed by atoms with Crippen LogP contribution in [0.3, 0.4) is 0 Å². The van der Waals surface area contributed by atoms with Gasteiger partial charge in [0.25, 0.3) is 0 Å². The number of carbonyl (C=O) groups is 3. The van der Waals surface area contributed by atoms with Crippen molar-refractivity contribution in [3.05, 3.63) is 28.8 Å². The number of fused-ring (bicyclic) bond motifs is 1. The highest BCUT2D eigenvalue weighted by Crippen LogP contribution is 2.26. The summed E-state index contributed by atoms with van der Waals surface area (Å²) in [5, 5.41) is 9.06. The molecule has 1 aromatic rings. The molecule has 0 saturated carbocycles. The minimum Gasteiger partial charge on any atom is -0.342 e. The van der Waals surface area contributed by atoms with Crippen LogP contribution in [0.5, 0.6) is 0 Å². The maximum atomic E-state index is 12.7. The topological polar surface area (TPSA) is 90.5 Å². The fourth-order valence-corrected chi connectivity index (χ4v) is 3.81. The van der Waals surface area contributed by atoms with Crippen LogP contribution in [0.4, 0.5) is 10.5 Å². The van der Waals surface area contributed by atoms with Crippen LogP contribution < -0.4 is 16.0 Å². The van der Waals surface area contributed by atoms with Gasteiger partial charge in [-0.1, -0.05) is 37.9 Å². The molecule has 2 heterocycles. The van der Waals surface area contributed by atoms with E-state index < -0.39 is 12.1 Å². The van der Waals surface area contributed by atoms with Gasteiger partial charge in [-0.05, 0) is 37.0 Å². The quantitative estimate of drug-likeness (QED) is 0.734. The van der Waals surface area contributed by atoms with E-state index in [9.17, 15) is 14.4 Å². The SMILES string of the molecule is CC[C@H](C)[C@@H]1NC(=O)[C@@H]2C[C@H](NC(=O)Nc3cccc(Cl)c3C)CN2C1=O. The van der Waals surface area contributed by atoms with Gasteiger partial charge in [-0.15, -0.1) is 0 Å². The van der Waals surface area contributed by atoms with E-state index in [0.29, 0.717) is 23.7 Å². The molecule has 146 valence electrons. The molecule has 27 heavy (non-hydrogen) atoms. The molecular weight excluding hydrogens is 368 g/mol. The number of benzene rings is 1. The lowest BCUT2D eigenvalue weighted by atomic mass is 9.95. The predicted octanol–water partition coefficient (Wildman–Crippen LogP) is 2.28. The van der Waals surface area contributed by atoms with Gasteiger partial charge in [-0.25, -0.2) is 4.79 Å². The van der Waals surface area contributed by atoms with Crippen molar-refractivity contribution < 1.29 is 14.4 Å². The average molecular weight is 393 g/mol. The second-order valence-corrected chi connectivity index (χ2v) is 7.73. The molecule has 0 bridgehead atoms. The molecule has 4 atom stereocenters. The van der Waals surface area contributed by atoms with Crippen molar-refractivity contribution in [3.63, 3.8) is 0 Å². The Balaban J connectivity index is 1.63. The second kappa shape index (κ2) is 7.76. The lowest BCUT2D eigenvalue weighted by molar-refractivity contribution is -0.148. The molecule has 1 aromatic carbocycles. The first-order chi connectivity index (χ1) is 12.8. The van der Waals surface area contributed by atoms with E-state index in [1.165, 1.54) is 0 Å². The number of hydrogen-bond donors (Lipinski definition) is 3. The summed E-state index contributed by atoms with van der Waals surface area (Å²) >= 11 is 6.07. The van der Waals surface area contributed by atoms with Crippen molar-refractivity contribution in [1.82, 2.24) is 15.5 Å². The van der Waals surface area contributed by atoms with Crippen molar-refractivity contribution in [3.8, 4) is 0 Å². The number of nitrogens with one attached hydrogen (secondary N) is 3. The molecule has 2 aliphatic heterocycles. The Kier molecular flexibility index (Phi) is 5.60. The van der Waals surface area contributed by atoms with E-state index in [1.54, 1.807) is 23.1 Å². The van der Waals surface area contributed by atoms with Crippen molar-refractivity contribution >= 4 is 35.1 Å². The van der Waals surface area contributed by atoms with Crippen LogP contribution in [-0.2, 0) is 9.59 Å². The first-order valence-electron chi connectivity index (χ1n) is 9.25. The number of nitrogens with zero attached hydrogens (tertiary/aromatic N) is 1. The van der Waals surface area contributed by atoms with Crippen LogP contribution in [0.2, 0.25) is 5.02 Å². The fourth-order valence-electron chi connectivity index (χ4n) is 3.63. The molecule has 4 amide bonds. The zero-order valence-corrected chi connectivity index (χ0v) is 16.5. The standard InChI is InChI=1S/C19H25ClN4O3/c1-4-10(2)16-18(26)24-9-12(8-15(24)17(25)23-16)21-19(27)22-14-7-5-6-13(20)11(14)3/h5-7,10,12,15-16H,4,8-9H2,1-3H3,(H,23,25)(H2,21,22,27)/t10-,12-,15-,16-/m0/s1. The van der Waals surface area contributed by atoms with E-state index >= 15 is 0 Å². The Morgan fingerprint density at radius 3 is 2.85 bits per heavy atom. The van der Waals surface area contributed by atoms with Gasteiger partial charge in [0, 0.05) is 17.3 Å². The van der Waals surface area contributed by atoms with Crippen molar-refractivity contribution in [2.75, 3.05) is 11.9 Å². The fraction of sp³-hybridized carbons (Fsp3) is 0.526. The average Bonchev–Trinajstić information content (AvgIpc) is 3.06. The molecule has 0 unspecified atom stereocenters. The summed E-state index contributed by atoms with van der Waals surface area (Å²) in [7, 11) is 0. The third kappa shape index (κ3) is 3.88. The Bertz CT molecular complexity index is 769. The molecule has 2 aliphatic rings. The number of carbonyl (C=O) groups excluding carboxylic acids is 3. The summed E-state index contributed by atoms with van der Waals surface area (Å²) in [5.74, 6) is -0.136. The zero-order valence-electron chi connectivity index (χ0n) is 15.7. The molecule has 3 N–H and O–H groups in total. The number of piperazine rings is 1. The highest BCUT2D eigenvalue weighted by molar-refractivity contribution is 6.31. The first kappa shape index (κ1) is 19.5. The van der Waals surface area contributed by atoms with Crippen LogP contribution in [0.15, 0.2) is 18.2 Å². The summed E-state index contributed by atoms with van der Waals surface area (Å²) in [6.45, 7) is 6.11. The Morgan fingerprint density at radius 2 is 2.15 bits per heavy atom. The van der Waals surface area contributed by atoms with E-state index in [1.807, 2.05) is 20.8 Å². The van der Waals surface area contributed by atoms with E-state index in [0.717, 1.165) is 12.0 Å². The summed E-state index contributed by atoms with van der Waals surface area (Å²) in [6.07, 6.45) is 1.21. The van der Waals surface area contributed by atoms with Gasteiger partial charge in [0.05, 0.1) is 6.04 Å². The molecule has 8 heteroatoms. The van der Waals surface area contributed by atoms with E-state index in [-0.39, 0.29) is 29.8 Å². The van der Waals surface area contributed by atoms with Crippen LogP contribution in [-0.4, -0.2) is 47.4 Å². The zero-order chi connectivity index (χ0) is 19.7. The molecule has 2 fully saturated rings. The smallest absolute Gasteiger partial charge is 0.319 e. The molecule has 3 rings (SSSR count).